The average molecular weight is 228 g/mol. The van der Waals surface area contributed by atoms with Crippen molar-refractivity contribution in [3.05, 3.63) is 24.3 Å². The topological polar surface area (TPSA) is 80.7 Å². The number of hydrogen-bond donors (Lipinski definition) is 1. The first-order valence-electron chi connectivity index (χ1n) is 4.22. The van der Waals surface area contributed by atoms with E-state index in [-0.39, 0.29) is 10.6 Å². The maximum absolute atomic E-state index is 11.6. The van der Waals surface area contributed by atoms with Crippen molar-refractivity contribution in [1.82, 2.24) is 0 Å². The van der Waals surface area contributed by atoms with Gasteiger partial charge in [-0.3, -0.25) is 0 Å². The summed E-state index contributed by atoms with van der Waals surface area (Å²) in [4.78, 5) is 10.7. The summed E-state index contributed by atoms with van der Waals surface area (Å²) in [6, 6.07) is 6.02. The van der Waals surface area contributed by atoms with Gasteiger partial charge in [0.15, 0.2) is 9.84 Å². The van der Waals surface area contributed by atoms with Crippen LogP contribution >= 0.6 is 0 Å². The molecule has 1 aromatic rings. The third-order valence-corrected chi connectivity index (χ3v) is 3.85. The Balaban J connectivity index is 2.53. The summed E-state index contributed by atoms with van der Waals surface area (Å²) in [5.41, 5.74) is 0. The predicted molar refractivity (Wildman–Crippen MR) is 50.5 cm³/mol. The molecule has 1 atom stereocenters. The summed E-state index contributed by atoms with van der Waals surface area (Å²) in [6.07, 6.45) is -1.31. The van der Waals surface area contributed by atoms with E-state index in [4.69, 9.17) is 9.84 Å². The number of carboxylic acids is 1. The molecule has 0 aliphatic carbocycles. The minimum Gasteiger partial charge on any atom is -0.478 e. The van der Waals surface area contributed by atoms with Crippen LogP contribution in [-0.4, -0.2) is 31.4 Å². The summed E-state index contributed by atoms with van der Waals surface area (Å²) in [6.45, 7) is 0. The molecule has 1 aromatic carbocycles. The minimum absolute atomic E-state index is 0.0579. The van der Waals surface area contributed by atoms with E-state index >= 15 is 0 Å². The fourth-order valence-electron chi connectivity index (χ4n) is 1.40. The first kappa shape index (κ1) is 9.97. The van der Waals surface area contributed by atoms with Gasteiger partial charge < -0.3 is 9.84 Å². The molecule has 1 heterocycles. The van der Waals surface area contributed by atoms with E-state index in [1.54, 1.807) is 12.1 Å². The number of fused-ring (bicyclic) bond motifs is 1. The number of sulfone groups is 1. The summed E-state index contributed by atoms with van der Waals surface area (Å²) < 4.78 is 28.3. The van der Waals surface area contributed by atoms with Crippen LogP contribution in [0.1, 0.15) is 0 Å². The highest BCUT2D eigenvalue weighted by Crippen LogP contribution is 2.30. The van der Waals surface area contributed by atoms with Gasteiger partial charge in [0.05, 0.1) is 0 Å². The highest BCUT2D eigenvalue weighted by Gasteiger charge is 2.35. The zero-order valence-corrected chi connectivity index (χ0v) is 8.40. The third-order valence-electron chi connectivity index (χ3n) is 2.10. The van der Waals surface area contributed by atoms with E-state index in [2.05, 4.69) is 0 Å². The van der Waals surface area contributed by atoms with Crippen LogP contribution in [0.5, 0.6) is 5.75 Å². The van der Waals surface area contributed by atoms with E-state index in [1.165, 1.54) is 12.1 Å². The first-order valence-corrected chi connectivity index (χ1v) is 5.87. The van der Waals surface area contributed by atoms with Crippen molar-refractivity contribution in [3.8, 4) is 5.75 Å². The largest absolute Gasteiger partial charge is 0.478 e. The Morgan fingerprint density at radius 1 is 1.40 bits per heavy atom. The van der Waals surface area contributed by atoms with Crippen LogP contribution in [0.3, 0.4) is 0 Å². The van der Waals surface area contributed by atoms with Crippen LogP contribution in [0.15, 0.2) is 29.2 Å². The molecule has 0 aromatic heterocycles. The summed E-state index contributed by atoms with van der Waals surface area (Å²) >= 11 is 0. The van der Waals surface area contributed by atoms with Gasteiger partial charge in [-0.15, -0.1) is 0 Å². The van der Waals surface area contributed by atoms with Gasteiger partial charge in [-0.2, -0.15) is 0 Å². The third kappa shape index (κ3) is 1.68. The fourth-order valence-corrected chi connectivity index (χ4v) is 2.90. The molecular formula is C9H8O5S. The Kier molecular flexibility index (Phi) is 2.15. The number of carboxylic acid groups (broad SMARTS) is 1. The standard InChI is InChI=1S/C9H8O5S/c10-9(11)7-5-15(12,13)8-4-2-1-3-6(8)14-7/h1-4,7H,5H2,(H,10,11). The van der Waals surface area contributed by atoms with E-state index in [0.717, 1.165) is 0 Å². The number of aliphatic carboxylic acids is 1. The van der Waals surface area contributed by atoms with Crippen LogP contribution in [0.4, 0.5) is 0 Å². The molecule has 0 radical (unpaired) electrons. The smallest absolute Gasteiger partial charge is 0.346 e. The van der Waals surface area contributed by atoms with Crippen LogP contribution in [0.25, 0.3) is 0 Å². The van der Waals surface area contributed by atoms with Crippen LogP contribution < -0.4 is 4.74 Å². The summed E-state index contributed by atoms with van der Waals surface area (Å²) in [7, 11) is -3.54. The molecule has 0 amide bonds. The normalized spacial score (nSPS) is 22.5. The van der Waals surface area contributed by atoms with E-state index in [1.807, 2.05) is 0 Å². The van der Waals surface area contributed by atoms with Gasteiger partial charge in [0.2, 0.25) is 6.10 Å². The zero-order valence-electron chi connectivity index (χ0n) is 7.58. The molecule has 1 unspecified atom stereocenters. The minimum atomic E-state index is -3.54. The quantitative estimate of drug-likeness (QED) is 0.748. The lowest BCUT2D eigenvalue weighted by Crippen LogP contribution is -2.38. The number of ether oxygens (including phenoxy) is 1. The number of carbonyl (C=O) groups is 1. The van der Waals surface area contributed by atoms with Crippen LogP contribution in [0.2, 0.25) is 0 Å². The first-order chi connectivity index (χ1) is 7.00. The molecule has 0 fully saturated rings. The van der Waals surface area contributed by atoms with Crippen molar-refractivity contribution < 1.29 is 23.1 Å². The van der Waals surface area contributed by atoms with Gasteiger partial charge >= 0.3 is 5.97 Å². The number of para-hydroxylation sites is 1. The summed E-state index contributed by atoms with van der Waals surface area (Å²) in [5.74, 6) is -1.68. The Hall–Kier alpha value is -1.56. The zero-order chi connectivity index (χ0) is 11.1. The number of benzene rings is 1. The molecule has 1 aliphatic heterocycles. The van der Waals surface area contributed by atoms with E-state index < -0.39 is 27.7 Å². The molecule has 1 aliphatic rings. The molecule has 0 saturated carbocycles. The second kappa shape index (κ2) is 3.23. The second-order valence-corrected chi connectivity index (χ2v) is 5.18. The van der Waals surface area contributed by atoms with Crippen molar-refractivity contribution in [3.63, 3.8) is 0 Å². The Labute approximate surface area is 86.2 Å². The van der Waals surface area contributed by atoms with Crippen molar-refractivity contribution in [2.75, 3.05) is 5.75 Å². The van der Waals surface area contributed by atoms with Gasteiger partial charge in [-0.1, -0.05) is 12.1 Å². The van der Waals surface area contributed by atoms with Crippen molar-refractivity contribution in [1.29, 1.82) is 0 Å². The Bertz CT molecular complexity index is 505. The van der Waals surface area contributed by atoms with Gasteiger partial charge in [-0.05, 0) is 12.1 Å². The highest BCUT2D eigenvalue weighted by atomic mass is 32.2. The predicted octanol–water partition coefficient (Wildman–Crippen LogP) is 0.306. The lowest BCUT2D eigenvalue weighted by molar-refractivity contribution is -0.144. The molecule has 5 nitrogen and oxygen atoms in total. The second-order valence-electron chi connectivity index (χ2n) is 3.17. The van der Waals surface area contributed by atoms with E-state index in [9.17, 15) is 13.2 Å². The Morgan fingerprint density at radius 2 is 2.07 bits per heavy atom. The van der Waals surface area contributed by atoms with Gasteiger partial charge in [0.25, 0.3) is 0 Å². The molecule has 1 N–H and O–H groups in total. The molecular weight excluding hydrogens is 220 g/mol. The summed E-state index contributed by atoms with van der Waals surface area (Å²) in [5, 5.41) is 8.71. The monoisotopic (exact) mass is 228 g/mol. The van der Waals surface area contributed by atoms with Crippen molar-refractivity contribution in [2.24, 2.45) is 0 Å². The lowest BCUT2D eigenvalue weighted by Gasteiger charge is -2.22. The van der Waals surface area contributed by atoms with Gasteiger partial charge in [0, 0.05) is 0 Å². The maximum Gasteiger partial charge on any atom is 0.346 e. The van der Waals surface area contributed by atoms with Crippen LogP contribution in [-0.2, 0) is 14.6 Å². The maximum atomic E-state index is 11.6. The van der Waals surface area contributed by atoms with E-state index in [0.29, 0.717) is 0 Å². The number of rotatable bonds is 1. The van der Waals surface area contributed by atoms with Gasteiger partial charge in [0.1, 0.15) is 16.4 Å². The van der Waals surface area contributed by atoms with Gasteiger partial charge in [-0.25, -0.2) is 13.2 Å². The Morgan fingerprint density at radius 3 is 2.73 bits per heavy atom. The fraction of sp³-hybridized carbons (Fsp3) is 0.222. The van der Waals surface area contributed by atoms with Crippen LogP contribution in [0, 0.1) is 0 Å². The molecule has 2 rings (SSSR count). The molecule has 0 spiro atoms. The SMILES string of the molecule is O=C(O)C1CS(=O)(=O)c2ccccc2O1. The molecule has 15 heavy (non-hydrogen) atoms. The average Bonchev–Trinajstić information content (AvgIpc) is 2.16. The molecule has 0 bridgehead atoms. The highest BCUT2D eigenvalue weighted by molar-refractivity contribution is 7.91. The number of hydrogen-bond acceptors (Lipinski definition) is 4. The van der Waals surface area contributed by atoms with Crippen molar-refractivity contribution in [2.45, 2.75) is 11.0 Å². The van der Waals surface area contributed by atoms with Crippen molar-refractivity contribution >= 4 is 15.8 Å². The lowest BCUT2D eigenvalue weighted by atomic mass is 10.3. The molecule has 80 valence electrons. The molecule has 6 heteroatoms. The molecule has 0 saturated heterocycles.